The van der Waals surface area contributed by atoms with E-state index in [2.05, 4.69) is 15.5 Å². The highest BCUT2D eigenvalue weighted by Crippen LogP contribution is 2.43. The molecule has 1 aromatic carbocycles. The van der Waals surface area contributed by atoms with Crippen LogP contribution in [0, 0.1) is 6.92 Å². The molecule has 130 valence electrons. The fourth-order valence-electron chi connectivity index (χ4n) is 3.05. The Morgan fingerprint density at radius 3 is 2.44 bits per heavy atom. The second-order valence-electron chi connectivity index (χ2n) is 5.83. The summed E-state index contributed by atoms with van der Waals surface area (Å²) in [5.74, 6) is 0.0874. The lowest BCUT2D eigenvalue weighted by molar-refractivity contribution is -0.136. The van der Waals surface area contributed by atoms with Gasteiger partial charge in [-0.15, -0.1) is 0 Å². The number of nitrogens with one attached hydrogen (secondary N) is 1. The monoisotopic (exact) mass is 359 g/mol. The first kappa shape index (κ1) is 17.2. The third-order valence-corrected chi connectivity index (χ3v) is 4.38. The molecule has 0 amide bonds. The molecule has 0 bridgehead atoms. The number of ether oxygens (including phenoxy) is 1. The van der Waals surface area contributed by atoms with E-state index in [-0.39, 0.29) is 0 Å². The van der Waals surface area contributed by atoms with E-state index < -0.39 is 11.9 Å². The molecule has 3 rings (SSSR count). The lowest BCUT2D eigenvalue weighted by Gasteiger charge is -2.29. The SMILES string of the molecule is COC(=O)C1=C(C)NC(C)=C(c2nc(C)no2)C1c1ccc(Cl)cc1. The van der Waals surface area contributed by atoms with Crippen LogP contribution in [0.4, 0.5) is 0 Å². The number of aryl methyl sites for hydroxylation is 1. The molecule has 2 aromatic rings. The van der Waals surface area contributed by atoms with E-state index in [0.29, 0.717) is 22.3 Å². The van der Waals surface area contributed by atoms with Crippen LogP contribution in [0.1, 0.15) is 37.0 Å². The number of dihydropyridines is 1. The molecule has 6 nitrogen and oxygen atoms in total. The maximum atomic E-state index is 12.5. The van der Waals surface area contributed by atoms with E-state index in [0.717, 1.165) is 22.5 Å². The highest BCUT2D eigenvalue weighted by atomic mass is 35.5. The van der Waals surface area contributed by atoms with Gasteiger partial charge in [0.05, 0.1) is 18.6 Å². The van der Waals surface area contributed by atoms with Crippen molar-refractivity contribution in [3.8, 4) is 0 Å². The van der Waals surface area contributed by atoms with Crippen LogP contribution in [0.3, 0.4) is 0 Å². The summed E-state index contributed by atoms with van der Waals surface area (Å²) >= 11 is 6.02. The molecular weight excluding hydrogens is 342 g/mol. The fraction of sp³-hybridized carbons (Fsp3) is 0.278. The third-order valence-electron chi connectivity index (χ3n) is 4.13. The Morgan fingerprint density at radius 1 is 1.20 bits per heavy atom. The van der Waals surface area contributed by atoms with Gasteiger partial charge in [0.2, 0.25) is 0 Å². The average Bonchev–Trinajstić information content (AvgIpc) is 3.00. The Bertz CT molecular complexity index is 881. The van der Waals surface area contributed by atoms with E-state index in [4.69, 9.17) is 20.9 Å². The van der Waals surface area contributed by atoms with Crippen molar-refractivity contribution >= 4 is 23.1 Å². The summed E-state index contributed by atoms with van der Waals surface area (Å²) in [4.78, 5) is 16.8. The zero-order valence-electron chi connectivity index (χ0n) is 14.4. The van der Waals surface area contributed by atoms with Gasteiger partial charge in [0.15, 0.2) is 5.82 Å². The van der Waals surface area contributed by atoms with Crippen molar-refractivity contribution in [3.05, 3.63) is 63.5 Å². The molecule has 1 N–H and O–H groups in total. The Labute approximate surface area is 150 Å². The van der Waals surface area contributed by atoms with Crippen LogP contribution >= 0.6 is 11.6 Å². The second-order valence-corrected chi connectivity index (χ2v) is 6.26. The van der Waals surface area contributed by atoms with Gasteiger partial charge < -0.3 is 14.6 Å². The summed E-state index contributed by atoms with van der Waals surface area (Å²) in [6, 6.07) is 7.33. The smallest absolute Gasteiger partial charge is 0.336 e. The Hall–Kier alpha value is -2.60. The van der Waals surface area contributed by atoms with Crippen molar-refractivity contribution in [3.63, 3.8) is 0 Å². The van der Waals surface area contributed by atoms with Gasteiger partial charge in [-0.25, -0.2) is 4.79 Å². The van der Waals surface area contributed by atoms with Gasteiger partial charge in [0, 0.05) is 22.0 Å². The number of esters is 1. The predicted octanol–water partition coefficient (Wildman–Crippen LogP) is 3.60. The summed E-state index contributed by atoms with van der Waals surface area (Å²) in [6.07, 6.45) is 0. The summed E-state index contributed by atoms with van der Waals surface area (Å²) in [6.45, 7) is 5.50. The van der Waals surface area contributed by atoms with Crippen molar-refractivity contribution in [2.24, 2.45) is 0 Å². The van der Waals surface area contributed by atoms with Gasteiger partial charge in [-0.1, -0.05) is 28.9 Å². The normalized spacial score (nSPS) is 17.6. The standard InChI is InChI=1S/C18H18ClN3O3/c1-9-14(17-21-11(3)22-25-17)16(12-5-7-13(19)8-6-12)15(10(2)20-9)18(23)24-4/h5-8,16,20H,1-4H3. The third kappa shape index (κ3) is 3.17. The van der Waals surface area contributed by atoms with Crippen LogP contribution in [0.5, 0.6) is 0 Å². The predicted molar refractivity (Wildman–Crippen MR) is 93.7 cm³/mol. The summed E-state index contributed by atoms with van der Waals surface area (Å²) in [5.41, 5.74) is 3.70. The van der Waals surface area contributed by atoms with Crippen LogP contribution in [0.15, 0.2) is 45.8 Å². The highest BCUT2D eigenvalue weighted by molar-refractivity contribution is 6.30. The molecule has 1 aliphatic heterocycles. The lowest BCUT2D eigenvalue weighted by Crippen LogP contribution is -2.28. The number of methoxy groups -OCH3 is 1. The Balaban J connectivity index is 2.22. The highest BCUT2D eigenvalue weighted by Gasteiger charge is 2.36. The number of benzene rings is 1. The first-order valence-electron chi connectivity index (χ1n) is 7.75. The number of hydrogen-bond acceptors (Lipinski definition) is 6. The minimum absolute atomic E-state index is 0.372. The van der Waals surface area contributed by atoms with E-state index in [9.17, 15) is 4.79 Å². The van der Waals surface area contributed by atoms with Crippen LogP contribution < -0.4 is 5.32 Å². The molecule has 0 radical (unpaired) electrons. The summed E-state index contributed by atoms with van der Waals surface area (Å²) in [7, 11) is 1.36. The molecule has 0 fully saturated rings. The fourth-order valence-corrected chi connectivity index (χ4v) is 3.18. The molecule has 0 aliphatic carbocycles. The maximum Gasteiger partial charge on any atom is 0.336 e. The van der Waals surface area contributed by atoms with Crippen LogP contribution in [0.2, 0.25) is 5.02 Å². The number of rotatable bonds is 3. The zero-order chi connectivity index (χ0) is 18.1. The van der Waals surface area contributed by atoms with Crippen molar-refractivity contribution in [1.82, 2.24) is 15.5 Å². The van der Waals surface area contributed by atoms with Crippen LogP contribution in [-0.4, -0.2) is 23.2 Å². The summed E-state index contributed by atoms with van der Waals surface area (Å²) in [5, 5.41) is 7.71. The first-order chi connectivity index (χ1) is 11.9. The van der Waals surface area contributed by atoms with Gasteiger partial charge in [0.1, 0.15) is 0 Å². The molecule has 0 saturated carbocycles. The second kappa shape index (κ2) is 6.72. The van der Waals surface area contributed by atoms with Crippen LogP contribution in [-0.2, 0) is 9.53 Å². The van der Waals surface area contributed by atoms with Gasteiger partial charge in [-0.3, -0.25) is 0 Å². The quantitative estimate of drug-likeness (QED) is 0.844. The first-order valence-corrected chi connectivity index (χ1v) is 8.13. The van der Waals surface area contributed by atoms with Crippen molar-refractivity contribution in [1.29, 1.82) is 0 Å². The van der Waals surface area contributed by atoms with E-state index in [1.165, 1.54) is 7.11 Å². The lowest BCUT2D eigenvalue weighted by atomic mass is 9.80. The number of halogens is 1. The Morgan fingerprint density at radius 2 is 1.88 bits per heavy atom. The molecule has 1 unspecified atom stereocenters. The molecule has 1 aliphatic rings. The number of carbonyl (C=O) groups is 1. The number of carbonyl (C=O) groups excluding carboxylic acids is 1. The summed E-state index contributed by atoms with van der Waals surface area (Å²) < 4.78 is 10.4. The number of allylic oxidation sites excluding steroid dienone is 3. The van der Waals surface area contributed by atoms with Gasteiger partial charge in [0.25, 0.3) is 5.89 Å². The van der Waals surface area contributed by atoms with Crippen LogP contribution in [0.25, 0.3) is 5.57 Å². The van der Waals surface area contributed by atoms with E-state index in [1.54, 1.807) is 19.1 Å². The molecule has 1 atom stereocenters. The minimum atomic E-state index is -0.411. The largest absolute Gasteiger partial charge is 0.466 e. The van der Waals surface area contributed by atoms with Gasteiger partial charge in [-0.2, -0.15) is 4.98 Å². The Kier molecular flexibility index (Phi) is 4.63. The average molecular weight is 360 g/mol. The van der Waals surface area contributed by atoms with Gasteiger partial charge in [-0.05, 0) is 38.5 Å². The van der Waals surface area contributed by atoms with E-state index in [1.807, 2.05) is 26.0 Å². The zero-order valence-corrected chi connectivity index (χ0v) is 15.1. The van der Waals surface area contributed by atoms with Crippen molar-refractivity contribution in [2.45, 2.75) is 26.7 Å². The molecule has 25 heavy (non-hydrogen) atoms. The molecule has 0 saturated heterocycles. The number of aromatic nitrogens is 2. The number of hydrogen-bond donors (Lipinski definition) is 1. The molecule has 1 aromatic heterocycles. The van der Waals surface area contributed by atoms with Crippen molar-refractivity contribution in [2.75, 3.05) is 7.11 Å². The van der Waals surface area contributed by atoms with E-state index >= 15 is 0 Å². The number of nitrogens with zero attached hydrogens (tertiary/aromatic N) is 2. The minimum Gasteiger partial charge on any atom is -0.466 e. The molecule has 7 heteroatoms. The molecular formula is C18H18ClN3O3. The van der Waals surface area contributed by atoms with Gasteiger partial charge >= 0.3 is 5.97 Å². The molecule has 0 spiro atoms. The molecule has 2 heterocycles. The topological polar surface area (TPSA) is 77.2 Å². The van der Waals surface area contributed by atoms with Crippen molar-refractivity contribution < 1.29 is 14.1 Å². The maximum absolute atomic E-state index is 12.5.